The summed E-state index contributed by atoms with van der Waals surface area (Å²) >= 11 is 0. The SMILES string of the molecule is CC(C)NCc1occc1CN(C)CC1CCC1. The van der Waals surface area contributed by atoms with Gasteiger partial charge in [0, 0.05) is 24.7 Å². The first kappa shape index (κ1) is 13.6. The minimum atomic E-state index is 0.496. The first-order valence-electron chi connectivity index (χ1n) is 7.12. The molecule has 1 aromatic heterocycles. The molecule has 0 atom stereocenters. The van der Waals surface area contributed by atoms with E-state index in [0.717, 1.165) is 24.8 Å². The summed E-state index contributed by atoms with van der Waals surface area (Å²) in [5.74, 6) is 2.02. The Labute approximate surface area is 111 Å². The summed E-state index contributed by atoms with van der Waals surface area (Å²) in [5.41, 5.74) is 1.32. The minimum Gasteiger partial charge on any atom is -0.468 e. The zero-order valence-electron chi connectivity index (χ0n) is 11.9. The molecule has 1 saturated carbocycles. The average molecular weight is 250 g/mol. The molecular formula is C15H26N2O. The molecule has 0 aliphatic heterocycles. The van der Waals surface area contributed by atoms with Gasteiger partial charge in [0.05, 0.1) is 12.8 Å². The fourth-order valence-corrected chi connectivity index (χ4v) is 2.43. The molecule has 0 spiro atoms. The van der Waals surface area contributed by atoms with Gasteiger partial charge >= 0.3 is 0 Å². The van der Waals surface area contributed by atoms with Crippen LogP contribution in [-0.4, -0.2) is 24.5 Å². The number of nitrogens with one attached hydrogen (secondary N) is 1. The Balaban J connectivity index is 1.82. The molecule has 0 radical (unpaired) electrons. The van der Waals surface area contributed by atoms with E-state index in [1.54, 1.807) is 0 Å². The van der Waals surface area contributed by atoms with Gasteiger partial charge in [-0.15, -0.1) is 0 Å². The second-order valence-corrected chi connectivity index (χ2v) is 5.90. The predicted octanol–water partition coefficient (Wildman–Crippen LogP) is 3.01. The van der Waals surface area contributed by atoms with Gasteiger partial charge in [0.1, 0.15) is 5.76 Å². The van der Waals surface area contributed by atoms with Crippen LogP contribution >= 0.6 is 0 Å². The molecule has 0 unspecified atom stereocenters. The third-order valence-corrected chi connectivity index (χ3v) is 3.74. The monoisotopic (exact) mass is 250 g/mol. The van der Waals surface area contributed by atoms with Crippen molar-refractivity contribution in [2.45, 2.75) is 52.2 Å². The van der Waals surface area contributed by atoms with Crippen molar-refractivity contribution in [3.8, 4) is 0 Å². The summed E-state index contributed by atoms with van der Waals surface area (Å²) in [6, 6.07) is 2.60. The number of nitrogens with zero attached hydrogens (tertiary/aromatic N) is 1. The van der Waals surface area contributed by atoms with Crippen LogP contribution < -0.4 is 5.32 Å². The molecule has 0 aromatic carbocycles. The van der Waals surface area contributed by atoms with Crippen LogP contribution in [-0.2, 0) is 13.1 Å². The van der Waals surface area contributed by atoms with Gasteiger partial charge in [-0.05, 0) is 31.9 Å². The summed E-state index contributed by atoms with van der Waals surface area (Å²) in [6.07, 6.45) is 6.06. The number of furan rings is 1. The highest BCUT2D eigenvalue weighted by Crippen LogP contribution is 2.27. The Hall–Kier alpha value is -0.800. The lowest BCUT2D eigenvalue weighted by Crippen LogP contribution is -2.29. The van der Waals surface area contributed by atoms with Gasteiger partial charge in [0.25, 0.3) is 0 Å². The lowest BCUT2D eigenvalue weighted by Gasteiger charge is -2.30. The average Bonchev–Trinajstić information content (AvgIpc) is 2.68. The van der Waals surface area contributed by atoms with Crippen molar-refractivity contribution < 1.29 is 4.42 Å². The van der Waals surface area contributed by atoms with Crippen molar-refractivity contribution in [2.75, 3.05) is 13.6 Å². The molecule has 1 aromatic rings. The first-order chi connectivity index (χ1) is 8.65. The third-order valence-electron chi connectivity index (χ3n) is 3.74. The highest BCUT2D eigenvalue weighted by molar-refractivity contribution is 5.16. The second-order valence-electron chi connectivity index (χ2n) is 5.90. The molecule has 1 fully saturated rings. The topological polar surface area (TPSA) is 28.4 Å². The van der Waals surface area contributed by atoms with Crippen LogP contribution in [0.3, 0.4) is 0 Å². The van der Waals surface area contributed by atoms with E-state index in [0.29, 0.717) is 6.04 Å². The normalized spacial score (nSPS) is 16.5. The first-order valence-corrected chi connectivity index (χ1v) is 7.12. The largest absolute Gasteiger partial charge is 0.468 e. The Morgan fingerprint density at radius 2 is 2.22 bits per heavy atom. The highest BCUT2D eigenvalue weighted by atomic mass is 16.3. The summed E-state index contributed by atoms with van der Waals surface area (Å²) in [4.78, 5) is 2.42. The third kappa shape index (κ3) is 3.85. The van der Waals surface area contributed by atoms with Crippen molar-refractivity contribution in [2.24, 2.45) is 5.92 Å². The molecule has 3 heteroatoms. The highest BCUT2D eigenvalue weighted by Gasteiger charge is 2.19. The molecule has 0 amide bonds. The number of rotatable bonds is 7. The van der Waals surface area contributed by atoms with Gasteiger partial charge in [-0.1, -0.05) is 20.3 Å². The number of hydrogen-bond acceptors (Lipinski definition) is 3. The van der Waals surface area contributed by atoms with E-state index in [4.69, 9.17) is 4.42 Å². The minimum absolute atomic E-state index is 0.496. The molecular weight excluding hydrogens is 224 g/mol. The number of hydrogen-bond donors (Lipinski definition) is 1. The van der Waals surface area contributed by atoms with E-state index in [1.165, 1.54) is 31.4 Å². The van der Waals surface area contributed by atoms with Crippen LogP contribution in [0.15, 0.2) is 16.7 Å². The fourth-order valence-electron chi connectivity index (χ4n) is 2.43. The van der Waals surface area contributed by atoms with Crippen LogP contribution in [0.25, 0.3) is 0 Å². The maximum absolute atomic E-state index is 5.57. The van der Waals surface area contributed by atoms with Crippen molar-refractivity contribution >= 4 is 0 Å². The lowest BCUT2D eigenvalue weighted by molar-refractivity contribution is 0.199. The molecule has 0 saturated heterocycles. The smallest absolute Gasteiger partial charge is 0.122 e. The maximum Gasteiger partial charge on any atom is 0.122 e. The molecule has 2 rings (SSSR count). The van der Waals surface area contributed by atoms with Crippen molar-refractivity contribution in [3.05, 3.63) is 23.7 Å². The summed E-state index contributed by atoms with van der Waals surface area (Å²) in [6.45, 7) is 7.37. The lowest BCUT2D eigenvalue weighted by atomic mass is 9.85. The van der Waals surface area contributed by atoms with E-state index in [9.17, 15) is 0 Å². The molecule has 18 heavy (non-hydrogen) atoms. The Kier molecular flexibility index (Phi) is 4.84. The quantitative estimate of drug-likeness (QED) is 0.806. The van der Waals surface area contributed by atoms with Crippen molar-refractivity contribution in [1.29, 1.82) is 0 Å². The summed E-state index contributed by atoms with van der Waals surface area (Å²) in [5, 5.41) is 3.41. The van der Waals surface area contributed by atoms with Crippen LogP contribution in [0.4, 0.5) is 0 Å². The predicted molar refractivity (Wildman–Crippen MR) is 74.4 cm³/mol. The van der Waals surface area contributed by atoms with Crippen LogP contribution in [0.2, 0.25) is 0 Å². The van der Waals surface area contributed by atoms with E-state index in [1.807, 2.05) is 6.26 Å². The van der Waals surface area contributed by atoms with Crippen LogP contribution in [0, 0.1) is 5.92 Å². The van der Waals surface area contributed by atoms with Crippen LogP contribution in [0.5, 0.6) is 0 Å². The van der Waals surface area contributed by atoms with E-state index in [2.05, 4.69) is 37.2 Å². The van der Waals surface area contributed by atoms with E-state index >= 15 is 0 Å². The molecule has 3 nitrogen and oxygen atoms in total. The van der Waals surface area contributed by atoms with Crippen molar-refractivity contribution in [1.82, 2.24) is 10.2 Å². The van der Waals surface area contributed by atoms with Crippen LogP contribution in [0.1, 0.15) is 44.4 Å². The van der Waals surface area contributed by atoms with Gasteiger partial charge in [0.15, 0.2) is 0 Å². The van der Waals surface area contributed by atoms with Crippen molar-refractivity contribution in [3.63, 3.8) is 0 Å². The zero-order valence-corrected chi connectivity index (χ0v) is 11.9. The molecule has 1 heterocycles. The van der Waals surface area contributed by atoms with Gasteiger partial charge in [-0.3, -0.25) is 0 Å². The zero-order chi connectivity index (χ0) is 13.0. The van der Waals surface area contributed by atoms with Gasteiger partial charge in [0.2, 0.25) is 0 Å². The Morgan fingerprint density at radius 3 is 2.83 bits per heavy atom. The molecule has 0 bridgehead atoms. The summed E-state index contributed by atoms with van der Waals surface area (Å²) < 4.78 is 5.57. The second kappa shape index (κ2) is 6.39. The van der Waals surface area contributed by atoms with Gasteiger partial charge < -0.3 is 14.6 Å². The maximum atomic E-state index is 5.57. The fraction of sp³-hybridized carbons (Fsp3) is 0.733. The molecule has 102 valence electrons. The molecule has 1 aliphatic carbocycles. The summed E-state index contributed by atoms with van der Waals surface area (Å²) in [7, 11) is 2.21. The molecule has 1 N–H and O–H groups in total. The Morgan fingerprint density at radius 1 is 1.44 bits per heavy atom. The van der Waals surface area contributed by atoms with E-state index < -0.39 is 0 Å². The Bertz CT molecular complexity index is 355. The van der Waals surface area contributed by atoms with Gasteiger partial charge in [-0.2, -0.15) is 0 Å². The van der Waals surface area contributed by atoms with Gasteiger partial charge in [-0.25, -0.2) is 0 Å². The van der Waals surface area contributed by atoms with E-state index in [-0.39, 0.29) is 0 Å². The molecule has 1 aliphatic rings. The standard InChI is InChI=1S/C15H26N2O/c1-12(2)16-9-15-14(7-8-18-15)11-17(3)10-13-5-4-6-13/h7-8,12-13,16H,4-6,9-11H2,1-3H3.